The molecule has 1 aliphatic rings. The average molecular weight is 223 g/mol. The highest BCUT2D eigenvalue weighted by atomic mass is 16.5. The molecule has 0 radical (unpaired) electrons. The summed E-state index contributed by atoms with van der Waals surface area (Å²) in [4.78, 5) is 2.41. The first-order valence-electron chi connectivity index (χ1n) is 6.03. The molecule has 0 bridgehead atoms. The Bertz CT molecular complexity index is 342. The molecule has 1 aliphatic heterocycles. The molecule has 0 N–H and O–H groups in total. The molecule has 2 heterocycles. The van der Waals surface area contributed by atoms with Crippen LogP contribution in [0.15, 0.2) is 6.07 Å². The number of rotatable bonds is 5. The second kappa shape index (κ2) is 4.97. The Morgan fingerprint density at radius 3 is 2.75 bits per heavy atom. The number of aryl methyl sites for hydroxylation is 2. The minimum atomic E-state index is 0.565. The second-order valence-electron chi connectivity index (χ2n) is 4.48. The van der Waals surface area contributed by atoms with Crippen molar-refractivity contribution in [2.75, 3.05) is 32.8 Å². The topological polar surface area (TPSA) is 30.3 Å². The number of hydrogen-bond donors (Lipinski definition) is 0. The Hall–Kier alpha value is -0.870. The van der Waals surface area contributed by atoms with E-state index in [9.17, 15) is 0 Å². The molecule has 4 heteroatoms. The molecule has 0 unspecified atom stereocenters. The number of hydrogen-bond acceptors (Lipinski definition) is 3. The first kappa shape index (κ1) is 11.6. The monoisotopic (exact) mass is 223 g/mol. The van der Waals surface area contributed by atoms with Crippen molar-refractivity contribution in [1.82, 2.24) is 14.7 Å². The largest absolute Gasteiger partial charge is 0.380 e. The summed E-state index contributed by atoms with van der Waals surface area (Å²) >= 11 is 0. The third-order valence-corrected chi connectivity index (χ3v) is 3.08. The van der Waals surface area contributed by atoms with Crippen LogP contribution in [0.1, 0.15) is 24.4 Å². The fraction of sp³-hybridized carbons (Fsp3) is 0.750. The Balaban J connectivity index is 1.77. The molecule has 16 heavy (non-hydrogen) atoms. The summed E-state index contributed by atoms with van der Waals surface area (Å²) in [6, 6.07) is 2.71. The van der Waals surface area contributed by atoms with Gasteiger partial charge in [-0.25, -0.2) is 0 Å². The van der Waals surface area contributed by atoms with Gasteiger partial charge in [0.05, 0.1) is 18.3 Å². The van der Waals surface area contributed by atoms with E-state index in [-0.39, 0.29) is 0 Å². The van der Waals surface area contributed by atoms with Crippen LogP contribution in [0.2, 0.25) is 0 Å². The standard InChI is InChI=1S/C12H21N3O/c1-4-16-6-5-14-8-12(9-14)15-11(3)7-10(2)13-15/h7,12H,4-6,8-9H2,1-3H3. The van der Waals surface area contributed by atoms with Crippen molar-refractivity contribution in [3.63, 3.8) is 0 Å². The summed E-state index contributed by atoms with van der Waals surface area (Å²) in [5, 5.41) is 4.52. The van der Waals surface area contributed by atoms with Crippen molar-refractivity contribution in [3.8, 4) is 0 Å². The Labute approximate surface area is 97.2 Å². The molecule has 1 aromatic heterocycles. The van der Waals surface area contributed by atoms with E-state index in [0.717, 1.165) is 38.5 Å². The van der Waals surface area contributed by atoms with E-state index in [1.807, 2.05) is 6.92 Å². The zero-order chi connectivity index (χ0) is 11.5. The van der Waals surface area contributed by atoms with E-state index >= 15 is 0 Å². The van der Waals surface area contributed by atoms with Crippen LogP contribution >= 0.6 is 0 Å². The zero-order valence-corrected chi connectivity index (χ0v) is 10.4. The minimum absolute atomic E-state index is 0.565. The Kier molecular flexibility index (Phi) is 3.61. The van der Waals surface area contributed by atoms with Crippen LogP contribution in [0.5, 0.6) is 0 Å². The van der Waals surface area contributed by atoms with Crippen LogP contribution in [0.3, 0.4) is 0 Å². The molecule has 1 aromatic rings. The fourth-order valence-corrected chi connectivity index (χ4v) is 2.23. The number of nitrogens with zero attached hydrogens (tertiary/aromatic N) is 3. The van der Waals surface area contributed by atoms with E-state index in [0.29, 0.717) is 6.04 Å². The lowest BCUT2D eigenvalue weighted by Crippen LogP contribution is -2.49. The first-order valence-corrected chi connectivity index (χ1v) is 6.03. The van der Waals surface area contributed by atoms with Crippen molar-refractivity contribution in [1.29, 1.82) is 0 Å². The SMILES string of the molecule is CCOCCN1CC(n2nc(C)cc2C)C1. The summed E-state index contributed by atoms with van der Waals surface area (Å²) in [7, 11) is 0. The lowest BCUT2D eigenvalue weighted by atomic mass is 10.1. The van der Waals surface area contributed by atoms with E-state index in [1.54, 1.807) is 0 Å². The smallest absolute Gasteiger partial charge is 0.0775 e. The summed E-state index contributed by atoms with van der Waals surface area (Å²) in [5.74, 6) is 0. The van der Waals surface area contributed by atoms with Crippen LogP contribution in [0.4, 0.5) is 0 Å². The lowest BCUT2D eigenvalue weighted by molar-refractivity contribution is 0.0515. The van der Waals surface area contributed by atoms with Gasteiger partial charge in [-0.3, -0.25) is 9.58 Å². The molecule has 0 spiro atoms. The number of aromatic nitrogens is 2. The van der Waals surface area contributed by atoms with Gasteiger partial charge >= 0.3 is 0 Å². The van der Waals surface area contributed by atoms with E-state index in [4.69, 9.17) is 4.74 Å². The van der Waals surface area contributed by atoms with E-state index < -0.39 is 0 Å². The highest BCUT2D eigenvalue weighted by molar-refractivity contribution is 5.09. The second-order valence-corrected chi connectivity index (χ2v) is 4.48. The van der Waals surface area contributed by atoms with Gasteiger partial charge in [-0.2, -0.15) is 5.10 Å². The van der Waals surface area contributed by atoms with Crippen LogP contribution in [0.25, 0.3) is 0 Å². The maximum atomic E-state index is 5.34. The highest BCUT2D eigenvalue weighted by Gasteiger charge is 2.29. The molecular formula is C12H21N3O. The predicted octanol–water partition coefficient (Wildman–Crippen LogP) is 1.39. The van der Waals surface area contributed by atoms with Gasteiger partial charge in [0.2, 0.25) is 0 Å². The van der Waals surface area contributed by atoms with Crippen molar-refractivity contribution in [3.05, 3.63) is 17.5 Å². The minimum Gasteiger partial charge on any atom is -0.380 e. The normalized spacial score (nSPS) is 17.7. The molecule has 0 aromatic carbocycles. The van der Waals surface area contributed by atoms with E-state index in [2.05, 4.69) is 34.6 Å². The van der Waals surface area contributed by atoms with Gasteiger partial charge in [0.1, 0.15) is 0 Å². The first-order chi connectivity index (χ1) is 7.70. The molecule has 0 atom stereocenters. The van der Waals surface area contributed by atoms with Crippen LogP contribution in [0, 0.1) is 13.8 Å². The molecule has 1 saturated heterocycles. The maximum absolute atomic E-state index is 5.34. The average Bonchev–Trinajstić information content (AvgIpc) is 2.49. The molecule has 0 amide bonds. The van der Waals surface area contributed by atoms with Gasteiger partial charge in [-0.15, -0.1) is 0 Å². The van der Waals surface area contributed by atoms with Crippen LogP contribution in [-0.4, -0.2) is 47.5 Å². The van der Waals surface area contributed by atoms with Gasteiger partial charge in [-0.05, 0) is 26.8 Å². The molecule has 2 rings (SSSR count). The molecule has 4 nitrogen and oxygen atoms in total. The van der Waals surface area contributed by atoms with Gasteiger partial charge < -0.3 is 4.74 Å². The van der Waals surface area contributed by atoms with Gasteiger partial charge in [0.15, 0.2) is 0 Å². The summed E-state index contributed by atoms with van der Waals surface area (Å²) in [5.41, 5.74) is 2.39. The third kappa shape index (κ3) is 2.44. The van der Waals surface area contributed by atoms with Crippen LogP contribution in [-0.2, 0) is 4.74 Å². The molecule has 0 aliphatic carbocycles. The quantitative estimate of drug-likeness (QED) is 0.707. The predicted molar refractivity (Wildman–Crippen MR) is 63.7 cm³/mol. The Morgan fingerprint density at radius 1 is 1.44 bits per heavy atom. The number of likely N-dealkylation sites (tertiary alicyclic amines) is 1. The van der Waals surface area contributed by atoms with Crippen molar-refractivity contribution >= 4 is 0 Å². The summed E-state index contributed by atoms with van der Waals surface area (Å²) in [6.45, 7) is 11.1. The van der Waals surface area contributed by atoms with Crippen molar-refractivity contribution < 1.29 is 4.74 Å². The van der Waals surface area contributed by atoms with E-state index in [1.165, 1.54) is 5.69 Å². The molecule has 1 fully saturated rings. The molecule has 0 saturated carbocycles. The summed E-state index contributed by atoms with van der Waals surface area (Å²) in [6.07, 6.45) is 0. The third-order valence-electron chi connectivity index (χ3n) is 3.08. The highest BCUT2D eigenvalue weighted by Crippen LogP contribution is 2.21. The number of ether oxygens (including phenoxy) is 1. The fourth-order valence-electron chi connectivity index (χ4n) is 2.23. The Morgan fingerprint density at radius 2 is 2.19 bits per heavy atom. The zero-order valence-electron chi connectivity index (χ0n) is 10.4. The van der Waals surface area contributed by atoms with Crippen molar-refractivity contribution in [2.45, 2.75) is 26.8 Å². The van der Waals surface area contributed by atoms with Gasteiger partial charge in [0.25, 0.3) is 0 Å². The molecular weight excluding hydrogens is 202 g/mol. The lowest BCUT2D eigenvalue weighted by Gasteiger charge is -2.39. The van der Waals surface area contributed by atoms with Gasteiger partial charge in [0, 0.05) is 31.9 Å². The maximum Gasteiger partial charge on any atom is 0.0775 e. The molecule has 90 valence electrons. The van der Waals surface area contributed by atoms with Crippen molar-refractivity contribution in [2.24, 2.45) is 0 Å². The summed E-state index contributed by atoms with van der Waals surface area (Å²) < 4.78 is 7.50. The van der Waals surface area contributed by atoms with Gasteiger partial charge in [-0.1, -0.05) is 0 Å². The van der Waals surface area contributed by atoms with Crippen LogP contribution < -0.4 is 0 Å².